The Kier molecular flexibility index (Phi) is 6.36. The van der Waals surface area contributed by atoms with E-state index in [9.17, 15) is 9.59 Å². The van der Waals surface area contributed by atoms with Crippen molar-refractivity contribution in [1.82, 2.24) is 10.2 Å². The number of nitrogens with two attached hydrogens (primary N) is 1. The van der Waals surface area contributed by atoms with Crippen LogP contribution in [0.2, 0.25) is 0 Å². The summed E-state index contributed by atoms with van der Waals surface area (Å²) in [6.45, 7) is 8.91. The summed E-state index contributed by atoms with van der Waals surface area (Å²) in [5, 5.41) is 3.41. The average molecular weight is 470 g/mol. The Balaban J connectivity index is 1.21. The molecule has 5 aliphatic rings. The smallest absolute Gasteiger partial charge is 0.230 e. The molecule has 0 radical (unpaired) electrons. The summed E-state index contributed by atoms with van der Waals surface area (Å²) >= 11 is 0. The lowest BCUT2D eigenvalue weighted by atomic mass is 9.47. The van der Waals surface area contributed by atoms with Gasteiger partial charge in [0.05, 0.1) is 18.6 Å². The average Bonchev–Trinajstić information content (AvgIpc) is 2.81. The Morgan fingerprint density at radius 1 is 1.18 bits per heavy atom. The first-order chi connectivity index (χ1) is 16.3. The number of hydrogen-bond donors (Lipinski definition) is 2. The Morgan fingerprint density at radius 3 is 2.56 bits per heavy atom. The number of amides is 2. The first-order valence-corrected chi connectivity index (χ1v) is 12.9. The summed E-state index contributed by atoms with van der Waals surface area (Å²) in [5.74, 6) is 2.00. The van der Waals surface area contributed by atoms with E-state index in [4.69, 9.17) is 15.2 Å². The van der Waals surface area contributed by atoms with E-state index in [1.807, 2.05) is 38.1 Å². The number of rotatable bonds is 8. The quantitative estimate of drug-likeness (QED) is 0.610. The lowest BCUT2D eigenvalue weighted by Crippen LogP contribution is -2.63. The predicted octanol–water partition coefficient (Wildman–Crippen LogP) is 2.47. The zero-order valence-electron chi connectivity index (χ0n) is 20.6. The van der Waals surface area contributed by atoms with Gasteiger partial charge in [0.1, 0.15) is 12.4 Å². The number of carbonyl (C=O) groups excluding carboxylic acids is 2. The first-order valence-electron chi connectivity index (χ1n) is 12.9. The lowest BCUT2D eigenvalue weighted by molar-refractivity contribution is -0.148. The molecule has 7 nitrogen and oxygen atoms in total. The SMILES string of the molecule is CC(C)(C(=O)NC1C2CC3CC1CC(C(N)=O)(C3)C2)c1cccc(OCCN2CCOCC2)c1. The van der Waals surface area contributed by atoms with Gasteiger partial charge in [0.2, 0.25) is 11.8 Å². The van der Waals surface area contributed by atoms with Crippen LogP contribution in [-0.2, 0) is 19.7 Å². The highest BCUT2D eigenvalue weighted by molar-refractivity contribution is 5.88. The number of nitrogens with zero attached hydrogens (tertiary/aromatic N) is 1. The maximum Gasteiger partial charge on any atom is 0.230 e. The second-order valence-electron chi connectivity index (χ2n) is 11.6. The monoisotopic (exact) mass is 469 g/mol. The van der Waals surface area contributed by atoms with Crippen molar-refractivity contribution in [3.05, 3.63) is 29.8 Å². The fourth-order valence-corrected chi connectivity index (χ4v) is 7.12. The molecule has 0 spiro atoms. The Hall–Kier alpha value is -2.12. The highest BCUT2D eigenvalue weighted by atomic mass is 16.5. The van der Waals surface area contributed by atoms with Gasteiger partial charge >= 0.3 is 0 Å². The van der Waals surface area contributed by atoms with E-state index in [0.717, 1.165) is 76.3 Å². The van der Waals surface area contributed by atoms with Crippen LogP contribution in [0.5, 0.6) is 5.75 Å². The maximum atomic E-state index is 13.5. The van der Waals surface area contributed by atoms with Gasteiger partial charge in [-0.15, -0.1) is 0 Å². The maximum absolute atomic E-state index is 13.5. The van der Waals surface area contributed by atoms with Gasteiger partial charge in [-0.25, -0.2) is 0 Å². The van der Waals surface area contributed by atoms with Crippen LogP contribution in [-0.4, -0.2) is 62.2 Å². The molecule has 34 heavy (non-hydrogen) atoms. The summed E-state index contributed by atoms with van der Waals surface area (Å²) < 4.78 is 11.4. The van der Waals surface area contributed by atoms with Crippen molar-refractivity contribution in [2.45, 2.75) is 57.4 Å². The second-order valence-corrected chi connectivity index (χ2v) is 11.6. The van der Waals surface area contributed by atoms with E-state index in [2.05, 4.69) is 10.2 Å². The number of hydrogen-bond acceptors (Lipinski definition) is 5. The van der Waals surface area contributed by atoms with Gasteiger partial charge in [-0.1, -0.05) is 12.1 Å². The molecule has 1 aromatic rings. The Labute approximate surface area is 202 Å². The summed E-state index contributed by atoms with van der Waals surface area (Å²) in [6.07, 6.45) is 4.80. The van der Waals surface area contributed by atoms with E-state index in [-0.39, 0.29) is 23.3 Å². The molecular formula is C27H39N3O4. The van der Waals surface area contributed by atoms with Crippen LogP contribution in [0.4, 0.5) is 0 Å². The number of morpholine rings is 1. The third-order valence-corrected chi connectivity index (χ3v) is 9.00. The molecule has 4 bridgehead atoms. The number of primary amides is 1. The molecule has 7 heteroatoms. The van der Waals surface area contributed by atoms with Crippen LogP contribution in [0.15, 0.2) is 24.3 Å². The number of ether oxygens (including phenoxy) is 2. The van der Waals surface area contributed by atoms with Gasteiger partial charge in [-0.3, -0.25) is 14.5 Å². The van der Waals surface area contributed by atoms with E-state index in [0.29, 0.717) is 24.4 Å². The summed E-state index contributed by atoms with van der Waals surface area (Å²) in [4.78, 5) is 28.1. The Morgan fingerprint density at radius 2 is 1.88 bits per heavy atom. The Bertz CT molecular complexity index is 910. The van der Waals surface area contributed by atoms with Crippen LogP contribution in [0.3, 0.4) is 0 Å². The highest BCUT2D eigenvalue weighted by Gasteiger charge is 2.58. The van der Waals surface area contributed by atoms with E-state index >= 15 is 0 Å². The van der Waals surface area contributed by atoms with Crippen LogP contribution in [0.25, 0.3) is 0 Å². The molecule has 2 unspecified atom stereocenters. The number of nitrogens with one attached hydrogen (secondary N) is 1. The minimum Gasteiger partial charge on any atom is -0.492 e. The van der Waals surface area contributed by atoms with Gasteiger partial charge in [0, 0.05) is 31.1 Å². The summed E-state index contributed by atoms with van der Waals surface area (Å²) in [5.41, 5.74) is 5.76. The molecule has 4 saturated carbocycles. The predicted molar refractivity (Wildman–Crippen MR) is 129 cm³/mol. The molecule has 1 aromatic carbocycles. The van der Waals surface area contributed by atoms with E-state index in [1.54, 1.807) is 0 Å². The third-order valence-electron chi connectivity index (χ3n) is 9.00. The molecule has 0 aromatic heterocycles. The van der Waals surface area contributed by atoms with Gasteiger partial charge in [-0.05, 0) is 81.4 Å². The molecule has 1 aliphatic heterocycles. The molecule has 4 aliphatic carbocycles. The van der Waals surface area contributed by atoms with Crippen molar-refractivity contribution < 1.29 is 19.1 Å². The van der Waals surface area contributed by atoms with Gasteiger partial charge in [-0.2, -0.15) is 0 Å². The fraction of sp³-hybridized carbons (Fsp3) is 0.704. The molecule has 3 N–H and O–H groups in total. The largest absolute Gasteiger partial charge is 0.492 e. The van der Waals surface area contributed by atoms with E-state index < -0.39 is 5.41 Å². The van der Waals surface area contributed by atoms with Crippen molar-refractivity contribution in [3.63, 3.8) is 0 Å². The molecule has 1 saturated heterocycles. The van der Waals surface area contributed by atoms with Crippen LogP contribution in [0, 0.1) is 23.2 Å². The fourth-order valence-electron chi connectivity index (χ4n) is 7.12. The third kappa shape index (κ3) is 4.44. The molecule has 5 fully saturated rings. The zero-order valence-corrected chi connectivity index (χ0v) is 20.6. The minimum atomic E-state index is -0.681. The number of benzene rings is 1. The molecular weight excluding hydrogens is 430 g/mol. The molecule has 2 amide bonds. The van der Waals surface area contributed by atoms with Gasteiger partial charge in [0.15, 0.2) is 0 Å². The van der Waals surface area contributed by atoms with Crippen molar-refractivity contribution in [3.8, 4) is 5.75 Å². The van der Waals surface area contributed by atoms with Crippen LogP contribution < -0.4 is 15.8 Å². The van der Waals surface area contributed by atoms with E-state index in [1.165, 1.54) is 0 Å². The summed E-state index contributed by atoms with van der Waals surface area (Å²) in [6, 6.07) is 8.07. The summed E-state index contributed by atoms with van der Waals surface area (Å²) in [7, 11) is 0. The van der Waals surface area contributed by atoms with Crippen LogP contribution >= 0.6 is 0 Å². The van der Waals surface area contributed by atoms with Crippen molar-refractivity contribution in [2.24, 2.45) is 28.9 Å². The molecule has 186 valence electrons. The zero-order chi connectivity index (χ0) is 23.9. The van der Waals surface area contributed by atoms with Gasteiger partial charge < -0.3 is 20.5 Å². The van der Waals surface area contributed by atoms with Crippen molar-refractivity contribution in [1.29, 1.82) is 0 Å². The molecule has 6 rings (SSSR count). The highest BCUT2D eigenvalue weighted by Crippen LogP contribution is 2.60. The van der Waals surface area contributed by atoms with Crippen molar-refractivity contribution >= 4 is 11.8 Å². The topological polar surface area (TPSA) is 93.9 Å². The second kappa shape index (κ2) is 9.15. The normalized spacial score (nSPS) is 33.0. The molecule has 2 atom stereocenters. The van der Waals surface area contributed by atoms with Crippen LogP contribution in [0.1, 0.15) is 51.5 Å². The van der Waals surface area contributed by atoms with Gasteiger partial charge in [0.25, 0.3) is 0 Å². The standard InChI is InChI=1S/C27H39N3O4/c1-26(2,21-4-3-5-22(14-21)34-11-8-30-6-9-33-10-7-30)25(32)29-23-19-12-18-13-20(23)17-27(15-18,16-19)24(28)31/h3-5,14,18-20,23H,6-13,15-17H2,1-2H3,(H2,28,31)(H,29,32). The minimum absolute atomic E-state index is 0.0450. The van der Waals surface area contributed by atoms with Crippen molar-refractivity contribution in [2.75, 3.05) is 39.5 Å². The first kappa shape index (κ1) is 23.6. The molecule has 1 heterocycles. The lowest BCUT2D eigenvalue weighted by Gasteiger charge is -2.59. The number of carbonyl (C=O) groups is 2.